The van der Waals surface area contributed by atoms with Crippen molar-refractivity contribution in [1.29, 1.82) is 0 Å². The maximum Gasteiger partial charge on any atom is 0.537 e. The molecule has 3 nitrogen and oxygen atoms in total. The lowest BCUT2D eigenvalue weighted by Crippen LogP contribution is -2.25. The lowest BCUT2D eigenvalue weighted by atomic mass is 10.4. The standard InChI is InChI=1S/C19H15F3O3S2/c20-19(21,22)25-27(23,24)26(16-10-4-1-5-11-16,17-12-6-2-7-13-17)18-14-8-3-9-15-18/h1-15H. The topological polar surface area (TPSA) is 43.4 Å². The minimum absolute atomic E-state index is 0.228. The first-order chi connectivity index (χ1) is 12.8. The highest BCUT2D eigenvalue weighted by Gasteiger charge is 2.50. The van der Waals surface area contributed by atoms with E-state index in [1.54, 1.807) is 54.6 Å². The Kier molecular flexibility index (Phi) is 5.32. The summed E-state index contributed by atoms with van der Waals surface area (Å²) in [5.74, 6) is 0. The molecule has 0 aliphatic rings. The predicted molar refractivity (Wildman–Crippen MR) is 97.8 cm³/mol. The third kappa shape index (κ3) is 3.73. The predicted octanol–water partition coefficient (Wildman–Crippen LogP) is 5.75. The molecule has 3 aromatic carbocycles. The van der Waals surface area contributed by atoms with E-state index in [0.717, 1.165) is 0 Å². The van der Waals surface area contributed by atoms with Crippen LogP contribution in [0.25, 0.3) is 0 Å². The lowest BCUT2D eigenvalue weighted by molar-refractivity contribution is -0.270. The van der Waals surface area contributed by atoms with E-state index in [1.807, 2.05) is 0 Å². The van der Waals surface area contributed by atoms with E-state index < -0.39 is 24.6 Å². The van der Waals surface area contributed by atoms with Crippen LogP contribution in [0.2, 0.25) is 0 Å². The Balaban J connectivity index is 2.44. The van der Waals surface area contributed by atoms with E-state index in [1.165, 1.54) is 36.4 Å². The van der Waals surface area contributed by atoms with E-state index in [9.17, 15) is 21.6 Å². The summed E-state index contributed by atoms with van der Waals surface area (Å²) in [6, 6.07) is 23.6. The molecule has 0 unspecified atom stereocenters. The number of benzene rings is 3. The van der Waals surface area contributed by atoms with Crippen LogP contribution >= 0.6 is 9.06 Å². The Morgan fingerprint density at radius 3 is 1.15 bits per heavy atom. The Bertz CT molecular complexity index is 894. The van der Waals surface area contributed by atoms with Gasteiger partial charge in [-0.25, -0.2) is 0 Å². The van der Waals surface area contributed by atoms with Gasteiger partial charge >= 0.3 is 15.5 Å². The minimum atomic E-state index is -5.34. The van der Waals surface area contributed by atoms with Crippen LogP contribution in [0.3, 0.4) is 0 Å². The van der Waals surface area contributed by atoms with Gasteiger partial charge < -0.3 is 0 Å². The van der Waals surface area contributed by atoms with Crippen LogP contribution in [-0.2, 0) is 13.3 Å². The van der Waals surface area contributed by atoms with E-state index in [0.29, 0.717) is 0 Å². The first-order valence-electron chi connectivity index (χ1n) is 7.78. The van der Waals surface area contributed by atoms with Gasteiger partial charge in [-0.2, -0.15) is 12.6 Å². The fourth-order valence-electron chi connectivity index (χ4n) is 2.76. The molecule has 0 atom stereocenters. The maximum atomic E-state index is 13.2. The van der Waals surface area contributed by atoms with Crippen molar-refractivity contribution in [3.8, 4) is 0 Å². The molecule has 0 bridgehead atoms. The smallest absolute Gasteiger partial charge is 0.188 e. The second-order valence-corrected chi connectivity index (χ2v) is 11.7. The van der Waals surface area contributed by atoms with Crippen molar-refractivity contribution in [1.82, 2.24) is 0 Å². The Labute approximate surface area is 156 Å². The van der Waals surface area contributed by atoms with Gasteiger partial charge in [-0.1, -0.05) is 54.6 Å². The molecule has 8 heteroatoms. The average Bonchev–Trinajstić information content (AvgIpc) is 2.63. The van der Waals surface area contributed by atoms with Crippen molar-refractivity contribution in [2.45, 2.75) is 21.0 Å². The van der Waals surface area contributed by atoms with Crippen LogP contribution in [0.4, 0.5) is 13.2 Å². The van der Waals surface area contributed by atoms with Crippen LogP contribution in [-0.4, -0.2) is 14.8 Å². The molecule has 0 aliphatic carbocycles. The summed E-state index contributed by atoms with van der Waals surface area (Å²) < 4.78 is 69.2. The highest BCUT2D eigenvalue weighted by Crippen LogP contribution is 2.73. The first kappa shape index (κ1) is 19.5. The van der Waals surface area contributed by atoms with Crippen molar-refractivity contribution >= 4 is 18.2 Å². The van der Waals surface area contributed by atoms with Crippen LogP contribution in [0.1, 0.15) is 0 Å². The first-order valence-corrected chi connectivity index (χ1v) is 11.3. The summed E-state index contributed by atoms with van der Waals surface area (Å²) in [5, 5.41) is 0. The quantitative estimate of drug-likeness (QED) is 0.501. The summed E-state index contributed by atoms with van der Waals surface area (Å²) in [5.41, 5.74) is 0. The fourth-order valence-corrected chi connectivity index (χ4v) is 9.90. The Hall–Kier alpha value is -2.29. The van der Waals surface area contributed by atoms with Gasteiger partial charge in [0.15, 0.2) is 0 Å². The molecule has 0 saturated carbocycles. The number of halogens is 3. The van der Waals surface area contributed by atoms with Crippen molar-refractivity contribution in [2.75, 3.05) is 0 Å². The van der Waals surface area contributed by atoms with Crippen molar-refractivity contribution in [3.63, 3.8) is 0 Å². The molecular formula is C19H15F3O3S2. The van der Waals surface area contributed by atoms with Crippen LogP contribution < -0.4 is 0 Å². The van der Waals surface area contributed by atoms with E-state index in [-0.39, 0.29) is 14.7 Å². The molecule has 3 aromatic rings. The molecule has 0 aromatic heterocycles. The average molecular weight is 412 g/mol. The third-order valence-electron chi connectivity index (χ3n) is 3.73. The summed E-state index contributed by atoms with van der Waals surface area (Å²) in [7, 11) is -8.56. The summed E-state index contributed by atoms with van der Waals surface area (Å²) in [6.45, 7) is 0. The van der Waals surface area contributed by atoms with Gasteiger partial charge in [0.25, 0.3) is 0 Å². The molecule has 0 saturated heterocycles. The highest BCUT2D eigenvalue weighted by molar-refractivity contribution is 8.89. The number of hydrogen-bond donors (Lipinski definition) is 0. The molecule has 27 heavy (non-hydrogen) atoms. The van der Waals surface area contributed by atoms with E-state index in [4.69, 9.17) is 0 Å². The minimum Gasteiger partial charge on any atom is -0.188 e. The molecule has 0 heterocycles. The molecule has 0 amide bonds. The van der Waals surface area contributed by atoms with Crippen LogP contribution in [0.15, 0.2) is 106 Å². The highest BCUT2D eigenvalue weighted by atomic mass is 33.2. The number of alkyl halides is 3. The molecule has 0 aliphatic heterocycles. The molecule has 0 N–H and O–H groups in total. The normalized spacial score (nSPS) is 13.3. The summed E-state index contributed by atoms with van der Waals surface area (Å²) in [4.78, 5) is 0.685. The zero-order valence-electron chi connectivity index (χ0n) is 13.8. The van der Waals surface area contributed by atoms with E-state index >= 15 is 0 Å². The lowest BCUT2D eigenvalue weighted by Gasteiger charge is -2.39. The molecule has 0 radical (unpaired) electrons. The van der Waals surface area contributed by atoms with Gasteiger partial charge in [-0.15, -0.1) is 13.2 Å². The van der Waals surface area contributed by atoms with Crippen molar-refractivity contribution in [3.05, 3.63) is 91.0 Å². The number of hydrogen-bond acceptors (Lipinski definition) is 3. The second kappa shape index (κ2) is 7.38. The van der Waals surface area contributed by atoms with Gasteiger partial charge in [0, 0.05) is 14.7 Å². The summed E-state index contributed by atoms with van der Waals surface area (Å²) in [6.07, 6.45) is -5.34. The fraction of sp³-hybridized carbons (Fsp3) is 0.0526. The molecule has 0 spiro atoms. The van der Waals surface area contributed by atoms with Gasteiger partial charge in [-0.05, 0) is 45.5 Å². The van der Waals surface area contributed by atoms with Crippen LogP contribution in [0.5, 0.6) is 0 Å². The number of rotatable bonds is 5. The van der Waals surface area contributed by atoms with Gasteiger partial charge in [-0.3, -0.25) is 0 Å². The summed E-state index contributed by atoms with van der Waals surface area (Å²) >= 11 is 0. The monoisotopic (exact) mass is 412 g/mol. The van der Waals surface area contributed by atoms with Crippen molar-refractivity contribution in [2.24, 2.45) is 0 Å². The second-order valence-electron chi connectivity index (χ2n) is 5.43. The van der Waals surface area contributed by atoms with E-state index in [2.05, 4.69) is 4.18 Å². The maximum absolute atomic E-state index is 13.2. The van der Waals surface area contributed by atoms with Crippen molar-refractivity contribution < 1.29 is 25.8 Å². The third-order valence-corrected chi connectivity index (χ3v) is 11.3. The molecular weight excluding hydrogens is 397 g/mol. The van der Waals surface area contributed by atoms with Gasteiger partial charge in [0.2, 0.25) is 0 Å². The molecule has 3 rings (SSSR count). The zero-order chi connectivity index (χ0) is 19.5. The van der Waals surface area contributed by atoms with Gasteiger partial charge in [0.05, 0.1) is 0 Å². The Morgan fingerprint density at radius 1 is 0.593 bits per heavy atom. The largest absolute Gasteiger partial charge is 0.537 e. The zero-order valence-corrected chi connectivity index (χ0v) is 15.5. The molecule has 0 fully saturated rings. The molecule has 142 valence electrons. The Morgan fingerprint density at radius 2 is 0.889 bits per heavy atom. The van der Waals surface area contributed by atoms with Crippen LogP contribution in [0, 0.1) is 0 Å². The SMILES string of the molecule is O=S(=O)(OC(F)(F)F)S(c1ccccc1)(c1ccccc1)c1ccccc1. The van der Waals surface area contributed by atoms with Gasteiger partial charge in [0.1, 0.15) is 0 Å².